The zero-order valence-electron chi connectivity index (χ0n) is 8.06. The normalized spacial score (nSPS) is 10.2. The van der Waals surface area contributed by atoms with Gasteiger partial charge in [-0.2, -0.15) is 0 Å². The Labute approximate surface area is 74.7 Å². The summed E-state index contributed by atoms with van der Waals surface area (Å²) in [6, 6.07) is 0. The SMILES string of the molecule is C=C(C)CNCCOCCOC. The highest BCUT2D eigenvalue weighted by atomic mass is 16.5. The molecule has 0 aliphatic carbocycles. The maximum Gasteiger partial charge on any atom is 0.0700 e. The lowest BCUT2D eigenvalue weighted by atomic mass is 10.3. The molecule has 0 heterocycles. The van der Waals surface area contributed by atoms with Gasteiger partial charge >= 0.3 is 0 Å². The smallest absolute Gasteiger partial charge is 0.0700 e. The van der Waals surface area contributed by atoms with Crippen molar-refractivity contribution < 1.29 is 9.47 Å². The summed E-state index contributed by atoms with van der Waals surface area (Å²) in [4.78, 5) is 0. The third kappa shape index (κ3) is 9.62. The molecule has 0 aliphatic rings. The average Bonchev–Trinajstić information content (AvgIpc) is 2.02. The van der Waals surface area contributed by atoms with Crippen molar-refractivity contribution in [3.05, 3.63) is 12.2 Å². The van der Waals surface area contributed by atoms with E-state index in [-0.39, 0.29) is 0 Å². The molecule has 3 nitrogen and oxygen atoms in total. The van der Waals surface area contributed by atoms with Crippen LogP contribution in [0.15, 0.2) is 12.2 Å². The van der Waals surface area contributed by atoms with Gasteiger partial charge in [-0.3, -0.25) is 0 Å². The second-order valence-electron chi connectivity index (χ2n) is 2.74. The number of ether oxygens (including phenoxy) is 2. The van der Waals surface area contributed by atoms with Crippen molar-refractivity contribution in [2.45, 2.75) is 6.92 Å². The molecule has 0 aromatic carbocycles. The zero-order valence-corrected chi connectivity index (χ0v) is 8.06. The summed E-state index contributed by atoms with van der Waals surface area (Å²) < 4.78 is 10.1. The quantitative estimate of drug-likeness (QED) is 0.435. The average molecular weight is 173 g/mol. The van der Waals surface area contributed by atoms with E-state index >= 15 is 0 Å². The number of nitrogens with one attached hydrogen (secondary N) is 1. The van der Waals surface area contributed by atoms with E-state index in [2.05, 4.69) is 11.9 Å². The van der Waals surface area contributed by atoms with Gasteiger partial charge in [-0.15, -0.1) is 0 Å². The maximum atomic E-state index is 5.24. The van der Waals surface area contributed by atoms with E-state index in [9.17, 15) is 0 Å². The monoisotopic (exact) mass is 173 g/mol. The van der Waals surface area contributed by atoms with Crippen LogP contribution in [0, 0.1) is 0 Å². The highest BCUT2D eigenvalue weighted by Gasteiger charge is 1.88. The van der Waals surface area contributed by atoms with E-state index in [1.165, 1.54) is 0 Å². The third-order valence-electron chi connectivity index (χ3n) is 1.28. The fourth-order valence-corrected chi connectivity index (χ4v) is 0.690. The molecule has 0 saturated heterocycles. The number of rotatable bonds is 8. The second-order valence-corrected chi connectivity index (χ2v) is 2.74. The van der Waals surface area contributed by atoms with Crippen LogP contribution < -0.4 is 5.32 Å². The number of methoxy groups -OCH3 is 1. The van der Waals surface area contributed by atoms with Crippen molar-refractivity contribution >= 4 is 0 Å². The second kappa shape index (κ2) is 8.71. The molecule has 12 heavy (non-hydrogen) atoms. The highest BCUT2D eigenvalue weighted by Crippen LogP contribution is 1.81. The lowest BCUT2D eigenvalue weighted by Gasteiger charge is -2.04. The minimum absolute atomic E-state index is 0.667. The van der Waals surface area contributed by atoms with Gasteiger partial charge in [0, 0.05) is 20.2 Å². The van der Waals surface area contributed by atoms with E-state index in [0.29, 0.717) is 13.2 Å². The lowest BCUT2D eigenvalue weighted by Crippen LogP contribution is -2.21. The van der Waals surface area contributed by atoms with Crippen LogP contribution in [-0.2, 0) is 9.47 Å². The molecule has 0 radical (unpaired) electrons. The largest absolute Gasteiger partial charge is 0.382 e. The Bertz CT molecular complexity index is 115. The van der Waals surface area contributed by atoms with Crippen LogP contribution in [0.1, 0.15) is 6.92 Å². The van der Waals surface area contributed by atoms with E-state index in [0.717, 1.165) is 25.3 Å². The van der Waals surface area contributed by atoms with Crippen LogP contribution in [0.4, 0.5) is 0 Å². The van der Waals surface area contributed by atoms with Gasteiger partial charge in [-0.05, 0) is 6.92 Å². The fraction of sp³-hybridized carbons (Fsp3) is 0.778. The topological polar surface area (TPSA) is 30.5 Å². The van der Waals surface area contributed by atoms with Crippen LogP contribution in [0.25, 0.3) is 0 Å². The van der Waals surface area contributed by atoms with Gasteiger partial charge in [0.15, 0.2) is 0 Å². The molecule has 72 valence electrons. The predicted octanol–water partition coefficient (Wildman–Crippen LogP) is 0.815. The third-order valence-corrected chi connectivity index (χ3v) is 1.28. The zero-order chi connectivity index (χ0) is 9.23. The summed E-state index contributed by atoms with van der Waals surface area (Å²) in [5, 5.41) is 3.20. The van der Waals surface area contributed by atoms with Crippen LogP contribution in [0.3, 0.4) is 0 Å². The Balaban J connectivity index is 2.86. The summed E-state index contributed by atoms with van der Waals surface area (Å²) in [6.45, 7) is 9.59. The first kappa shape index (κ1) is 11.6. The predicted molar refractivity (Wildman–Crippen MR) is 50.4 cm³/mol. The first-order valence-corrected chi connectivity index (χ1v) is 4.19. The minimum Gasteiger partial charge on any atom is -0.382 e. The molecule has 0 fully saturated rings. The molecule has 0 bridgehead atoms. The van der Waals surface area contributed by atoms with Crippen LogP contribution in [0.2, 0.25) is 0 Å². The molecule has 3 heteroatoms. The van der Waals surface area contributed by atoms with Gasteiger partial charge in [-0.25, -0.2) is 0 Å². The van der Waals surface area contributed by atoms with E-state index in [1.807, 2.05) is 6.92 Å². The molecule has 0 amide bonds. The number of hydrogen-bond donors (Lipinski definition) is 1. The van der Waals surface area contributed by atoms with Crippen molar-refractivity contribution in [2.75, 3.05) is 40.0 Å². The molecule has 0 unspecified atom stereocenters. The Morgan fingerprint density at radius 1 is 1.33 bits per heavy atom. The summed E-state index contributed by atoms with van der Waals surface area (Å²) in [5.41, 5.74) is 1.15. The van der Waals surface area contributed by atoms with Gasteiger partial charge in [-0.1, -0.05) is 12.2 Å². The Morgan fingerprint density at radius 3 is 2.67 bits per heavy atom. The lowest BCUT2D eigenvalue weighted by molar-refractivity contribution is 0.0722. The molecule has 0 aliphatic heterocycles. The number of hydrogen-bond acceptors (Lipinski definition) is 3. The van der Waals surface area contributed by atoms with Crippen molar-refractivity contribution in [3.8, 4) is 0 Å². The Hall–Kier alpha value is -0.380. The molecule has 0 spiro atoms. The maximum absolute atomic E-state index is 5.24. The van der Waals surface area contributed by atoms with Crippen molar-refractivity contribution in [3.63, 3.8) is 0 Å². The summed E-state index contributed by atoms with van der Waals surface area (Å²) >= 11 is 0. The van der Waals surface area contributed by atoms with Crippen LogP contribution in [0.5, 0.6) is 0 Å². The Kier molecular flexibility index (Phi) is 8.44. The van der Waals surface area contributed by atoms with Gasteiger partial charge in [0.1, 0.15) is 0 Å². The Morgan fingerprint density at radius 2 is 2.08 bits per heavy atom. The molecule has 1 N–H and O–H groups in total. The summed E-state index contributed by atoms with van der Waals surface area (Å²) in [7, 11) is 1.67. The summed E-state index contributed by atoms with van der Waals surface area (Å²) in [6.07, 6.45) is 0. The molecule has 0 saturated carbocycles. The standard InChI is InChI=1S/C9H19NO2/c1-9(2)8-10-4-5-12-7-6-11-3/h10H,1,4-8H2,2-3H3. The van der Waals surface area contributed by atoms with Crippen molar-refractivity contribution in [1.29, 1.82) is 0 Å². The summed E-state index contributed by atoms with van der Waals surface area (Å²) in [5.74, 6) is 0. The fourth-order valence-electron chi connectivity index (χ4n) is 0.690. The van der Waals surface area contributed by atoms with Crippen LogP contribution >= 0.6 is 0 Å². The minimum atomic E-state index is 0.667. The molecule has 0 aromatic heterocycles. The van der Waals surface area contributed by atoms with Crippen molar-refractivity contribution in [1.82, 2.24) is 5.32 Å². The first-order chi connectivity index (χ1) is 5.77. The molecule has 0 rings (SSSR count). The van der Waals surface area contributed by atoms with E-state index in [1.54, 1.807) is 7.11 Å². The molecule has 0 aromatic rings. The van der Waals surface area contributed by atoms with Crippen LogP contribution in [-0.4, -0.2) is 40.0 Å². The molecular formula is C9H19NO2. The van der Waals surface area contributed by atoms with Gasteiger partial charge < -0.3 is 14.8 Å². The molecule has 0 atom stereocenters. The highest BCUT2D eigenvalue weighted by molar-refractivity contribution is 4.90. The van der Waals surface area contributed by atoms with Gasteiger partial charge in [0.2, 0.25) is 0 Å². The molecular weight excluding hydrogens is 154 g/mol. The van der Waals surface area contributed by atoms with Gasteiger partial charge in [0.25, 0.3) is 0 Å². The first-order valence-electron chi connectivity index (χ1n) is 4.19. The van der Waals surface area contributed by atoms with E-state index < -0.39 is 0 Å². The van der Waals surface area contributed by atoms with E-state index in [4.69, 9.17) is 9.47 Å². The van der Waals surface area contributed by atoms with Gasteiger partial charge in [0.05, 0.1) is 19.8 Å². The van der Waals surface area contributed by atoms with Crippen molar-refractivity contribution in [2.24, 2.45) is 0 Å².